The fraction of sp³-hybridized carbons (Fsp3) is 0.294. The number of carboxylic acids is 1. The van der Waals surface area contributed by atoms with Gasteiger partial charge in [0, 0.05) is 12.5 Å². The van der Waals surface area contributed by atoms with Gasteiger partial charge < -0.3 is 29.1 Å². The second kappa shape index (κ2) is 7.61. The second-order valence-electron chi connectivity index (χ2n) is 4.94. The molecule has 25 heavy (non-hydrogen) atoms. The summed E-state index contributed by atoms with van der Waals surface area (Å²) in [4.78, 5) is 23.6. The molecule has 0 bridgehead atoms. The first-order valence-corrected chi connectivity index (χ1v) is 7.43. The van der Waals surface area contributed by atoms with Crippen LogP contribution >= 0.6 is 0 Å². The normalized spacial score (nSPS) is 10.2. The van der Waals surface area contributed by atoms with Gasteiger partial charge in [-0.25, -0.2) is 4.79 Å². The Hall–Kier alpha value is -3.16. The second-order valence-corrected chi connectivity index (χ2v) is 4.94. The number of ether oxygens (including phenoxy) is 3. The summed E-state index contributed by atoms with van der Waals surface area (Å²) in [6.07, 6.45) is 0.356. The average Bonchev–Trinajstić information content (AvgIpc) is 3.05. The summed E-state index contributed by atoms with van der Waals surface area (Å²) >= 11 is 0. The molecule has 0 radical (unpaired) electrons. The van der Waals surface area contributed by atoms with Crippen molar-refractivity contribution < 1.29 is 33.3 Å². The average molecular weight is 349 g/mol. The number of furan rings is 1. The molecule has 8 nitrogen and oxygen atoms in total. The van der Waals surface area contributed by atoms with Crippen molar-refractivity contribution >= 4 is 17.6 Å². The Morgan fingerprint density at radius 3 is 2.28 bits per heavy atom. The Kier molecular flexibility index (Phi) is 5.53. The Labute approximate surface area is 144 Å². The predicted molar refractivity (Wildman–Crippen MR) is 89.1 cm³/mol. The van der Waals surface area contributed by atoms with Crippen LogP contribution in [0.1, 0.15) is 33.6 Å². The third-order valence-corrected chi connectivity index (χ3v) is 3.54. The van der Waals surface area contributed by atoms with Crippen molar-refractivity contribution in [1.82, 2.24) is 0 Å². The van der Waals surface area contributed by atoms with E-state index in [1.54, 1.807) is 19.1 Å². The zero-order valence-corrected chi connectivity index (χ0v) is 14.3. The number of benzene rings is 1. The molecule has 2 rings (SSSR count). The van der Waals surface area contributed by atoms with Crippen LogP contribution in [0.15, 0.2) is 22.6 Å². The molecular formula is C17H19NO7. The predicted octanol–water partition coefficient (Wildman–Crippen LogP) is 2.82. The fourth-order valence-corrected chi connectivity index (χ4v) is 2.37. The third kappa shape index (κ3) is 3.52. The highest BCUT2D eigenvalue weighted by molar-refractivity contribution is 6.05. The SMILES string of the molecule is CCc1oc(C(=O)Nc2ccc(OC)c(OC)c2OC)cc1C(=O)O. The van der Waals surface area contributed by atoms with E-state index in [4.69, 9.17) is 23.7 Å². The molecule has 0 aliphatic heterocycles. The summed E-state index contributed by atoms with van der Waals surface area (Å²) in [7, 11) is 4.36. The molecule has 0 spiro atoms. The van der Waals surface area contributed by atoms with Crippen molar-refractivity contribution in [2.45, 2.75) is 13.3 Å². The highest BCUT2D eigenvalue weighted by Crippen LogP contribution is 2.42. The van der Waals surface area contributed by atoms with Gasteiger partial charge in [-0.15, -0.1) is 0 Å². The summed E-state index contributed by atoms with van der Waals surface area (Å²) in [5, 5.41) is 11.8. The number of amides is 1. The van der Waals surface area contributed by atoms with E-state index in [0.717, 1.165) is 0 Å². The van der Waals surface area contributed by atoms with Gasteiger partial charge in [0.25, 0.3) is 5.91 Å². The van der Waals surface area contributed by atoms with Crippen molar-refractivity contribution in [2.75, 3.05) is 26.6 Å². The molecule has 0 aliphatic carbocycles. The van der Waals surface area contributed by atoms with Crippen molar-refractivity contribution in [3.63, 3.8) is 0 Å². The maximum absolute atomic E-state index is 12.4. The van der Waals surface area contributed by atoms with Gasteiger partial charge in [0.1, 0.15) is 11.3 Å². The lowest BCUT2D eigenvalue weighted by molar-refractivity contribution is 0.0694. The Morgan fingerprint density at radius 2 is 1.80 bits per heavy atom. The summed E-state index contributed by atoms with van der Waals surface area (Å²) in [5.74, 6) is -0.588. The number of anilines is 1. The smallest absolute Gasteiger partial charge is 0.339 e. The molecule has 1 amide bonds. The van der Waals surface area contributed by atoms with E-state index in [1.807, 2.05) is 0 Å². The number of aryl methyl sites for hydroxylation is 1. The Bertz CT molecular complexity index is 795. The molecule has 0 aliphatic rings. The molecule has 1 aromatic heterocycles. The zero-order valence-electron chi connectivity index (χ0n) is 14.3. The summed E-state index contributed by atoms with van der Waals surface area (Å²) in [5.41, 5.74) is 0.295. The molecule has 134 valence electrons. The van der Waals surface area contributed by atoms with Crippen LogP contribution in [0.5, 0.6) is 17.2 Å². The number of rotatable bonds is 7. The molecule has 0 saturated heterocycles. The minimum atomic E-state index is -1.15. The number of hydrogen-bond donors (Lipinski definition) is 2. The van der Waals surface area contributed by atoms with Crippen LogP contribution in [0.2, 0.25) is 0 Å². The summed E-state index contributed by atoms with van der Waals surface area (Å²) in [6.45, 7) is 1.74. The van der Waals surface area contributed by atoms with Gasteiger partial charge in [0.2, 0.25) is 5.75 Å². The van der Waals surface area contributed by atoms with Crippen molar-refractivity contribution in [3.8, 4) is 17.2 Å². The van der Waals surface area contributed by atoms with Gasteiger partial charge in [-0.3, -0.25) is 4.79 Å². The molecule has 2 N–H and O–H groups in total. The number of carbonyl (C=O) groups is 2. The zero-order chi connectivity index (χ0) is 18.6. The van der Waals surface area contributed by atoms with Crippen molar-refractivity contribution in [3.05, 3.63) is 35.3 Å². The third-order valence-electron chi connectivity index (χ3n) is 3.54. The van der Waals surface area contributed by atoms with E-state index in [1.165, 1.54) is 27.4 Å². The van der Waals surface area contributed by atoms with Crippen molar-refractivity contribution in [2.24, 2.45) is 0 Å². The molecule has 1 aromatic carbocycles. The van der Waals surface area contributed by atoms with Crippen LogP contribution in [0, 0.1) is 0 Å². The van der Waals surface area contributed by atoms with Crippen LogP contribution in [-0.4, -0.2) is 38.3 Å². The lowest BCUT2D eigenvalue weighted by Gasteiger charge is -2.15. The van der Waals surface area contributed by atoms with Crippen LogP contribution in [-0.2, 0) is 6.42 Å². The number of hydrogen-bond acceptors (Lipinski definition) is 6. The van der Waals surface area contributed by atoms with E-state index in [2.05, 4.69) is 5.32 Å². The summed E-state index contributed by atoms with van der Waals surface area (Å²) in [6, 6.07) is 4.39. The number of carbonyl (C=O) groups excluding carboxylic acids is 1. The van der Waals surface area contributed by atoms with E-state index < -0.39 is 11.9 Å². The summed E-state index contributed by atoms with van der Waals surface area (Å²) < 4.78 is 21.1. The number of methoxy groups -OCH3 is 3. The van der Waals surface area contributed by atoms with E-state index in [-0.39, 0.29) is 22.8 Å². The van der Waals surface area contributed by atoms with E-state index in [0.29, 0.717) is 23.6 Å². The van der Waals surface area contributed by atoms with Crippen LogP contribution < -0.4 is 19.5 Å². The highest BCUT2D eigenvalue weighted by atomic mass is 16.5. The fourth-order valence-electron chi connectivity index (χ4n) is 2.37. The van der Waals surface area contributed by atoms with Gasteiger partial charge in [0.05, 0.1) is 27.0 Å². The van der Waals surface area contributed by atoms with E-state index in [9.17, 15) is 9.59 Å². The lowest BCUT2D eigenvalue weighted by Crippen LogP contribution is -2.12. The number of aromatic carboxylic acids is 1. The molecule has 1 heterocycles. The topological polar surface area (TPSA) is 107 Å². The van der Waals surface area contributed by atoms with Crippen LogP contribution in [0.3, 0.4) is 0 Å². The standard InChI is InChI=1S/C17H19NO7/c1-5-11-9(17(20)21)8-13(25-11)16(19)18-10-6-7-12(22-2)15(24-4)14(10)23-3/h6-8H,5H2,1-4H3,(H,18,19)(H,20,21). The van der Waals surface area contributed by atoms with Gasteiger partial charge in [-0.2, -0.15) is 0 Å². The van der Waals surface area contributed by atoms with E-state index >= 15 is 0 Å². The van der Waals surface area contributed by atoms with Gasteiger partial charge in [0.15, 0.2) is 17.3 Å². The number of nitrogens with one attached hydrogen (secondary N) is 1. The molecule has 2 aromatic rings. The molecular weight excluding hydrogens is 330 g/mol. The van der Waals surface area contributed by atoms with Gasteiger partial charge in [-0.05, 0) is 12.1 Å². The maximum Gasteiger partial charge on any atom is 0.339 e. The minimum Gasteiger partial charge on any atom is -0.493 e. The van der Waals surface area contributed by atoms with Crippen LogP contribution in [0.4, 0.5) is 5.69 Å². The minimum absolute atomic E-state index is 0.0353. The number of carboxylic acid groups (broad SMARTS) is 1. The highest BCUT2D eigenvalue weighted by Gasteiger charge is 2.22. The van der Waals surface area contributed by atoms with Gasteiger partial charge in [-0.1, -0.05) is 6.92 Å². The van der Waals surface area contributed by atoms with Crippen LogP contribution in [0.25, 0.3) is 0 Å². The molecule has 0 atom stereocenters. The first-order valence-electron chi connectivity index (χ1n) is 7.43. The Morgan fingerprint density at radius 1 is 1.12 bits per heavy atom. The quantitative estimate of drug-likeness (QED) is 0.791. The monoisotopic (exact) mass is 349 g/mol. The molecule has 0 fully saturated rings. The Balaban J connectivity index is 2.37. The molecule has 0 unspecified atom stereocenters. The van der Waals surface area contributed by atoms with Gasteiger partial charge >= 0.3 is 5.97 Å². The first-order chi connectivity index (χ1) is 12.0. The van der Waals surface area contributed by atoms with Crippen molar-refractivity contribution in [1.29, 1.82) is 0 Å². The first kappa shape index (κ1) is 18.2. The molecule has 8 heteroatoms. The maximum atomic E-state index is 12.4. The lowest BCUT2D eigenvalue weighted by atomic mass is 10.2. The molecule has 0 saturated carbocycles. The largest absolute Gasteiger partial charge is 0.493 e.